The van der Waals surface area contributed by atoms with Gasteiger partial charge in [0.2, 0.25) is 0 Å². The van der Waals surface area contributed by atoms with Crippen LogP contribution in [0.2, 0.25) is 0 Å². The number of rotatable bonds is 9. The molecule has 0 aromatic heterocycles. The van der Waals surface area contributed by atoms with E-state index in [-0.39, 0.29) is 0 Å². The Bertz CT molecular complexity index is 96.9. The summed E-state index contributed by atoms with van der Waals surface area (Å²) in [5.74, 6) is 0. The molecule has 0 aliphatic rings. The molecule has 0 rings (SSSR count). The van der Waals surface area contributed by atoms with Gasteiger partial charge in [-0.15, -0.1) is 0 Å². The van der Waals surface area contributed by atoms with Gasteiger partial charge in [-0.3, -0.25) is 0 Å². The molecule has 13 heavy (non-hydrogen) atoms. The van der Waals surface area contributed by atoms with E-state index in [1.54, 1.807) is 0 Å². The van der Waals surface area contributed by atoms with E-state index in [9.17, 15) is 0 Å². The van der Waals surface area contributed by atoms with Gasteiger partial charge >= 0.3 is 0 Å². The second-order valence-corrected chi connectivity index (χ2v) is 3.64. The molecule has 0 unspecified atom stereocenters. The van der Waals surface area contributed by atoms with E-state index in [1.807, 2.05) is 0 Å². The number of nitrogens with one attached hydrogen (secondary N) is 2. The van der Waals surface area contributed by atoms with Gasteiger partial charge in [0.1, 0.15) is 0 Å². The summed E-state index contributed by atoms with van der Waals surface area (Å²) in [4.78, 5) is 0. The second-order valence-electron chi connectivity index (χ2n) is 3.64. The van der Waals surface area contributed by atoms with Gasteiger partial charge in [0.15, 0.2) is 0 Å². The Morgan fingerprint density at radius 1 is 1.00 bits per heavy atom. The fourth-order valence-corrected chi connectivity index (χ4v) is 1.11. The van der Waals surface area contributed by atoms with Crippen LogP contribution < -0.4 is 10.6 Å². The summed E-state index contributed by atoms with van der Waals surface area (Å²) in [5, 5.41) is 15.2. The van der Waals surface area contributed by atoms with E-state index in [1.165, 1.54) is 6.42 Å². The highest BCUT2D eigenvalue weighted by atomic mass is 16.2. The molecule has 0 radical (unpaired) electrons. The smallest absolute Gasteiger partial charge is 0.0431 e. The summed E-state index contributed by atoms with van der Waals surface area (Å²) >= 11 is 0. The van der Waals surface area contributed by atoms with Crippen molar-refractivity contribution in [2.75, 3.05) is 26.2 Å². The highest BCUT2D eigenvalue weighted by molar-refractivity contribution is 4.55. The zero-order chi connectivity index (χ0) is 9.94. The first-order chi connectivity index (χ1) is 6.27. The van der Waals surface area contributed by atoms with Crippen molar-refractivity contribution < 1.29 is 5.11 Å². The lowest BCUT2D eigenvalue weighted by Crippen LogP contribution is -2.31. The molecular weight excluding hydrogens is 164 g/mol. The molecule has 0 aliphatic heterocycles. The Labute approximate surface area is 81.9 Å². The maximum atomic E-state index is 8.54. The van der Waals surface area contributed by atoms with Crippen LogP contribution in [-0.2, 0) is 0 Å². The quantitative estimate of drug-likeness (QED) is 0.468. The van der Waals surface area contributed by atoms with Crippen molar-refractivity contribution in [3.8, 4) is 0 Å². The monoisotopic (exact) mass is 188 g/mol. The summed E-state index contributed by atoms with van der Waals surface area (Å²) in [7, 11) is 0. The van der Waals surface area contributed by atoms with E-state index >= 15 is 0 Å². The van der Waals surface area contributed by atoms with Crippen LogP contribution in [-0.4, -0.2) is 37.4 Å². The summed E-state index contributed by atoms with van der Waals surface area (Å²) in [6, 6.07) is 0.580. The molecule has 80 valence electrons. The Morgan fingerprint density at radius 2 is 1.77 bits per heavy atom. The molecule has 3 heteroatoms. The maximum absolute atomic E-state index is 8.54. The SMILES string of the molecule is CC(C)NCCNCCCCCO. The highest BCUT2D eigenvalue weighted by Gasteiger charge is 1.91. The molecule has 0 fully saturated rings. The summed E-state index contributed by atoms with van der Waals surface area (Å²) in [5.41, 5.74) is 0. The summed E-state index contributed by atoms with van der Waals surface area (Å²) < 4.78 is 0. The molecule has 3 nitrogen and oxygen atoms in total. The van der Waals surface area contributed by atoms with Gasteiger partial charge in [-0.2, -0.15) is 0 Å². The molecule has 0 spiro atoms. The number of aliphatic hydroxyl groups excluding tert-OH is 1. The van der Waals surface area contributed by atoms with E-state index in [2.05, 4.69) is 24.5 Å². The minimum atomic E-state index is 0.328. The first-order valence-electron chi connectivity index (χ1n) is 5.32. The molecule has 0 heterocycles. The van der Waals surface area contributed by atoms with Crippen LogP contribution in [0.25, 0.3) is 0 Å². The Hall–Kier alpha value is -0.120. The molecule has 0 bridgehead atoms. The highest BCUT2D eigenvalue weighted by Crippen LogP contribution is 1.91. The molecular formula is C10H24N2O. The van der Waals surface area contributed by atoms with Crippen LogP contribution >= 0.6 is 0 Å². The van der Waals surface area contributed by atoms with E-state index in [0.29, 0.717) is 12.6 Å². The van der Waals surface area contributed by atoms with Gasteiger partial charge in [0, 0.05) is 25.7 Å². The number of unbranched alkanes of at least 4 members (excludes halogenated alkanes) is 2. The van der Waals surface area contributed by atoms with E-state index in [0.717, 1.165) is 32.5 Å². The van der Waals surface area contributed by atoms with Crippen molar-refractivity contribution in [1.29, 1.82) is 0 Å². The fourth-order valence-electron chi connectivity index (χ4n) is 1.11. The lowest BCUT2D eigenvalue weighted by atomic mass is 10.2. The number of aliphatic hydroxyl groups is 1. The molecule has 0 saturated carbocycles. The summed E-state index contributed by atoms with van der Waals surface area (Å²) in [6.07, 6.45) is 3.23. The third-order valence-corrected chi connectivity index (χ3v) is 1.87. The van der Waals surface area contributed by atoms with Crippen LogP contribution in [0.3, 0.4) is 0 Å². The van der Waals surface area contributed by atoms with Gasteiger partial charge in [0.05, 0.1) is 0 Å². The largest absolute Gasteiger partial charge is 0.396 e. The first kappa shape index (κ1) is 12.9. The third kappa shape index (κ3) is 11.9. The van der Waals surface area contributed by atoms with Crippen molar-refractivity contribution >= 4 is 0 Å². The van der Waals surface area contributed by atoms with Gasteiger partial charge in [-0.25, -0.2) is 0 Å². The van der Waals surface area contributed by atoms with E-state index in [4.69, 9.17) is 5.11 Å². The van der Waals surface area contributed by atoms with Crippen molar-refractivity contribution in [2.45, 2.75) is 39.2 Å². The Balaban J connectivity index is 2.84. The van der Waals surface area contributed by atoms with Gasteiger partial charge < -0.3 is 15.7 Å². The van der Waals surface area contributed by atoms with E-state index < -0.39 is 0 Å². The van der Waals surface area contributed by atoms with Crippen LogP contribution in [0.4, 0.5) is 0 Å². The predicted molar refractivity (Wildman–Crippen MR) is 56.9 cm³/mol. The van der Waals surface area contributed by atoms with Gasteiger partial charge in [-0.05, 0) is 25.8 Å². The predicted octanol–water partition coefficient (Wildman–Crippen LogP) is 0.737. The zero-order valence-electron chi connectivity index (χ0n) is 8.97. The topological polar surface area (TPSA) is 44.3 Å². The number of hydrogen-bond acceptors (Lipinski definition) is 3. The minimum Gasteiger partial charge on any atom is -0.396 e. The van der Waals surface area contributed by atoms with Crippen molar-refractivity contribution in [1.82, 2.24) is 10.6 Å². The van der Waals surface area contributed by atoms with Crippen molar-refractivity contribution in [3.05, 3.63) is 0 Å². The Morgan fingerprint density at radius 3 is 2.38 bits per heavy atom. The average molecular weight is 188 g/mol. The van der Waals surface area contributed by atoms with Crippen LogP contribution in [0.5, 0.6) is 0 Å². The van der Waals surface area contributed by atoms with Crippen LogP contribution in [0.1, 0.15) is 33.1 Å². The van der Waals surface area contributed by atoms with Gasteiger partial charge in [-0.1, -0.05) is 13.8 Å². The van der Waals surface area contributed by atoms with Crippen molar-refractivity contribution in [3.63, 3.8) is 0 Å². The average Bonchev–Trinajstić information content (AvgIpc) is 2.09. The second kappa shape index (κ2) is 9.96. The van der Waals surface area contributed by atoms with Crippen LogP contribution in [0, 0.1) is 0 Å². The minimum absolute atomic E-state index is 0.328. The normalized spacial score (nSPS) is 11.1. The zero-order valence-corrected chi connectivity index (χ0v) is 8.97. The maximum Gasteiger partial charge on any atom is 0.0431 e. The molecule has 0 saturated heterocycles. The standard InChI is InChI=1S/C10H24N2O/c1-10(2)12-8-7-11-6-4-3-5-9-13/h10-13H,3-9H2,1-2H3. The fraction of sp³-hybridized carbons (Fsp3) is 1.00. The molecule has 0 aliphatic carbocycles. The molecule has 3 N–H and O–H groups in total. The Kier molecular flexibility index (Phi) is 9.87. The van der Waals surface area contributed by atoms with Crippen molar-refractivity contribution in [2.24, 2.45) is 0 Å². The lowest BCUT2D eigenvalue weighted by molar-refractivity contribution is 0.283. The van der Waals surface area contributed by atoms with Crippen LogP contribution in [0.15, 0.2) is 0 Å². The summed E-state index contributed by atoms with van der Waals surface area (Å²) in [6.45, 7) is 7.78. The first-order valence-corrected chi connectivity index (χ1v) is 5.32. The molecule has 0 atom stereocenters. The molecule has 0 aromatic rings. The molecule has 0 amide bonds. The lowest BCUT2D eigenvalue weighted by Gasteiger charge is -2.08. The molecule has 0 aromatic carbocycles. The van der Waals surface area contributed by atoms with Gasteiger partial charge in [0.25, 0.3) is 0 Å². The number of hydrogen-bond donors (Lipinski definition) is 3. The third-order valence-electron chi connectivity index (χ3n) is 1.87.